The lowest BCUT2D eigenvalue weighted by Crippen LogP contribution is -2.20. The Morgan fingerprint density at radius 2 is 1.76 bits per heavy atom. The zero-order valence-corrected chi connectivity index (χ0v) is 13.5. The summed E-state index contributed by atoms with van der Waals surface area (Å²) in [4.78, 5) is 12.5. The van der Waals surface area contributed by atoms with Gasteiger partial charge in [0.2, 0.25) is 0 Å². The SMILES string of the molecule is O=COc1ccc(N2CCC(Cc3ccc(C(F)(F)F)cc3)C2)cc1. The molecular weight excluding hydrogens is 331 g/mol. The van der Waals surface area contributed by atoms with Crippen molar-refractivity contribution in [2.45, 2.75) is 19.0 Å². The van der Waals surface area contributed by atoms with Gasteiger partial charge < -0.3 is 9.64 Å². The topological polar surface area (TPSA) is 29.5 Å². The van der Waals surface area contributed by atoms with Crippen molar-refractivity contribution >= 4 is 12.2 Å². The van der Waals surface area contributed by atoms with Crippen LogP contribution < -0.4 is 9.64 Å². The van der Waals surface area contributed by atoms with Gasteiger partial charge in [-0.2, -0.15) is 13.2 Å². The number of hydrogen-bond donors (Lipinski definition) is 0. The van der Waals surface area contributed by atoms with Gasteiger partial charge in [-0.1, -0.05) is 12.1 Å². The molecule has 1 aliphatic heterocycles. The largest absolute Gasteiger partial charge is 0.429 e. The highest BCUT2D eigenvalue weighted by molar-refractivity contribution is 5.52. The molecule has 0 N–H and O–H groups in total. The Morgan fingerprint density at radius 1 is 1.08 bits per heavy atom. The fourth-order valence-electron chi connectivity index (χ4n) is 3.19. The van der Waals surface area contributed by atoms with Gasteiger partial charge in [0.05, 0.1) is 5.56 Å². The maximum absolute atomic E-state index is 12.6. The van der Waals surface area contributed by atoms with E-state index >= 15 is 0 Å². The second-order valence-electron chi connectivity index (χ2n) is 6.21. The second kappa shape index (κ2) is 7.17. The number of hydrogen-bond acceptors (Lipinski definition) is 3. The third-order valence-corrected chi connectivity index (χ3v) is 4.48. The number of benzene rings is 2. The molecule has 1 unspecified atom stereocenters. The number of carbonyl (C=O) groups is 1. The normalized spacial score (nSPS) is 17.6. The molecule has 6 heteroatoms. The van der Waals surface area contributed by atoms with E-state index in [1.54, 1.807) is 24.3 Å². The molecule has 1 fully saturated rings. The van der Waals surface area contributed by atoms with Crippen molar-refractivity contribution in [1.29, 1.82) is 0 Å². The molecule has 1 atom stereocenters. The van der Waals surface area contributed by atoms with Gasteiger partial charge in [0.1, 0.15) is 5.75 Å². The average molecular weight is 349 g/mol. The summed E-state index contributed by atoms with van der Waals surface area (Å²) >= 11 is 0. The van der Waals surface area contributed by atoms with Gasteiger partial charge in [-0.3, -0.25) is 4.79 Å². The van der Waals surface area contributed by atoms with E-state index in [0.717, 1.165) is 49.3 Å². The van der Waals surface area contributed by atoms with Crippen LogP contribution in [0.1, 0.15) is 17.5 Å². The lowest BCUT2D eigenvalue weighted by molar-refractivity contribution is -0.137. The molecule has 1 aliphatic rings. The van der Waals surface area contributed by atoms with Crippen molar-refractivity contribution < 1.29 is 22.7 Å². The molecule has 25 heavy (non-hydrogen) atoms. The van der Waals surface area contributed by atoms with Gasteiger partial charge in [-0.25, -0.2) is 0 Å². The Kier molecular flexibility index (Phi) is 4.97. The molecule has 3 nitrogen and oxygen atoms in total. The quantitative estimate of drug-likeness (QED) is 0.754. The first-order valence-electron chi connectivity index (χ1n) is 8.07. The van der Waals surface area contributed by atoms with Gasteiger partial charge >= 0.3 is 6.18 Å². The minimum atomic E-state index is -4.29. The first kappa shape index (κ1) is 17.3. The number of carbonyl (C=O) groups excluding carboxylic acids is 1. The highest BCUT2D eigenvalue weighted by Gasteiger charge is 2.30. The molecule has 0 spiro atoms. The molecule has 132 valence electrons. The fraction of sp³-hybridized carbons (Fsp3) is 0.316. The molecule has 1 saturated heterocycles. The first-order valence-corrected chi connectivity index (χ1v) is 8.07. The third kappa shape index (κ3) is 4.32. The smallest absolute Gasteiger partial charge is 0.416 e. The van der Waals surface area contributed by atoms with E-state index in [1.165, 1.54) is 0 Å². The predicted octanol–water partition coefficient (Wildman–Crippen LogP) is 4.31. The Balaban J connectivity index is 1.58. The van der Waals surface area contributed by atoms with Gasteiger partial charge in [0.25, 0.3) is 6.47 Å². The standard InChI is InChI=1S/C19H18F3NO2/c20-19(21,22)16-3-1-14(2-4-16)11-15-9-10-23(12-15)17-5-7-18(8-6-17)25-13-24/h1-8,13,15H,9-12H2. The molecule has 0 saturated carbocycles. The van der Waals surface area contributed by atoms with E-state index < -0.39 is 11.7 Å². The van der Waals surface area contributed by atoms with Crippen molar-refractivity contribution in [3.8, 4) is 5.75 Å². The first-order chi connectivity index (χ1) is 12.0. The van der Waals surface area contributed by atoms with Crippen molar-refractivity contribution in [3.05, 3.63) is 59.7 Å². The molecule has 0 aromatic heterocycles. The van der Waals surface area contributed by atoms with Gasteiger partial charge in [0, 0.05) is 18.8 Å². The molecule has 0 amide bonds. The van der Waals surface area contributed by atoms with Crippen molar-refractivity contribution in [2.75, 3.05) is 18.0 Å². The number of alkyl halides is 3. The van der Waals surface area contributed by atoms with Crippen LogP contribution in [0.15, 0.2) is 48.5 Å². The number of halogens is 3. The summed E-state index contributed by atoms with van der Waals surface area (Å²) in [6.07, 6.45) is -2.53. The van der Waals surface area contributed by atoms with Gasteiger partial charge in [0.15, 0.2) is 0 Å². The van der Waals surface area contributed by atoms with Crippen LogP contribution in [0.3, 0.4) is 0 Å². The zero-order chi connectivity index (χ0) is 17.9. The highest BCUT2D eigenvalue weighted by Crippen LogP contribution is 2.31. The van der Waals surface area contributed by atoms with E-state index in [2.05, 4.69) is 4.90 Å². The molecule has 0 aliphatic carbocycles. The van der Waals surface area contributed by atoms with E-state index in [1.807, 2.05) is 12.1 Å². The maximum Gasteiger partial charge on any atom is 0.416 e. The molecular formula is C19H18F3NO2. The van der Waals surface area contributed by atoms with Crippen LogP contribution in [0.4, 0.5) is 18.9 Å². The average Bonchev–Trinajstić information content (AvgIpc) is 3.04. The molecule has 0 radical (unpaired) electrons. The molecule has 1 heterocycles. The van der Waals surface area contributed by atoms with E-state index in [-0.39, 0.29) is 0 Å². The highest BCUT2D eigenvalue weighted by atomic mass is 19.4. The molecule has 0 bridgehead atoms. The van der Waals surface area contributed by atoms with Crippen LogP contribution in [0.25, 0.3) is 0 Å². The maximum atomic E-state index is 12.6. The van der Waals surface area contributed by atoms with Crippen LogP contribution >= 0.6 is 0 Å². The summed E-state index contributed by atoms with van der Waals surface area (Å²) in [6, 6.07) is 12.7. The predicted molar refractivity (Wildman–Crippen MR) is 88.6 cm³/mol. The lowest BCUT2D eigenvalue weighted by Gasteiger charge is -2.19. The van der Waals surface area contributed by atoms with Gasteiger partial charge in [-0.05, 0) is 60.7 Å². The molecule has 3 rings (SSSR count). The van der Waals surface area contributed by atoms with Gasteiger partial charge in [-0.15, -0.1) is 0 Å². The van der Waals surface area contributed by atoms with Crippen molar-refractivity contribution in [1.82, 2.24) is 0 Å². The Morgan fingerprint density at radius 3 is 2.36 bits per heavy atom. The Labute approximate surface area is 144 Å². The van der Waals surface area contributed by atoms with Crippen LogP contribution in [0.2, 0.25) is 0 Å². The summed E-state index contributed by atoms with van der Waals surface area (Å²) in [5.74, 6) is 0.905. The van der Waals surface area contributed by atoms with E-state index in [9.17, 15) is 18.0 Å². The summed E-state index contributed by atoms with van der Waals surface area (Å²) in [5, 5.41) is 0. The minimum absolute atomic E-state index is 0.394. The summed E-state index contributed by atoms with van der Waals surface area (Å²) < 4.78 is 42.6. The van der Waals surface area contributed by atoms with E-state index in [0.29, 0.717) is 18.1 Å². The molecule has 2 aromatic carbocycles. The number of anilines is 1. The minimum Gasteiger partial charge on any atom is -0.429 e. The van der Waals surface area contributed by atoms with Crippen LogP contribution in [0, 0.1) is 5.92 Å². The number of ether oxygens (including phenoxy) is 1. The Hall–Kier alpha value is -2.50. The number of rotatable bonds is 5. The van der Waals surface area contributed by atoms with E-state index in [4.69, 9.17) is 4.74 Å². The van der Waals surface area contributed by atoms with Crippen LogP contribution in [0.5, 0.6) is 5.75 Å². The van der Waals surface area contributed by atoms with Crippen molar-refractivity contribution in [2.24, 2.45) is 5.92 Å². The Bertz CT molecular complexity index is 711. The van der Waals surface area contributed by atoms with Crippen molar-refractivity contribution in [3.63, 3.8) is 0 Å². The summed E-state index contributed by atoms with van der Waals surface area (Å²) in [5.41, 5.74) is 1.37. The lowest BCUT2D eigenvalue weighted by atomic mass is 9.98. The zero-order valence-electron chi connectivity index (χ0n) is 13.5. The number of nitrogens with zero attached hydrogens (tertiary/aromatic N) is 1. The molecule has 2 aromatic rings. The van der Waals surface area contributed by atoms with Crippen LogP contribution in [-0.4, -0.2) is 19.6 Å². The second-order valence-corrected chi connectivity index (χ2v) is 6.21. The third-order valence-electron chi connectivity index (χ3n) is 4.48. The van der Waals surface area contributed by atoms with Crippen LogP contribution in [-0.2, 0) is 17.4 Å². The monoisotopic (exact) mass is 349 g/mol. The fourth-order valence-corrected chi connectivity index (χ4v) is 3.19. The summed E-state index contributed by atoms with van der Waals surface area (Å²) in [6.45, 7) is 2.15. The summed E-state index contributed by atoms with van der Waals surface area (Å²) in [7, 11) is 0.